The SMILES string of the molecule is CCCNC(=O)[C@H](C)N1CCN(c2ccccn2)CC1. The molecule has 1 atom stereocenters. The first-order valence-corrected chi connectivity index (χ1v) is 7.40. The van der Waals surface area contributed by atoms with Gasteiger partial charge in [-0.2, -0.15) is 0 Å². The Morgan fingerprint density at radius 2 is 2.10 bits per heavy atom. The van der Waals surface area contributed by atoms with Gasteiger partial charge in [0, 0.05) is 38.9 Å². The van der Waals surface area contributed by atoms with E-state index >= 15 is 0 Å². The van der Waals surface area contributed by atoms with Crippen LogP contribution in [0.2, 0.25) is 0 Å². The van der Waals surface area contributed by atoms with Crippen LogP contribution in [0.4, 0.5) is 5.82 Å². The van der Waals surface area contributed by atoms with Gasteiger partial charge in [0.25, 0.3) is 0 Å². The molecule has 0 spiro atoms. The van der Waals surface area contributed by atoms with Crippen LogP contribution in [-0.4, -0.2) is 54.6 Å². The molecule has 5 heteroatoms. The number of carbonyl (C=O) groups excluding carboxylic acids is 1. The van der Waals surface area contributed by atoms with E-state index in [1.165, 1.54) is 0 Å². The minimum atomic E-state index is -0.0487. The molecule has 1 aromatic rings. The first-order chi connectivity index (χ1) is 9.72. The zero-order valence-corrected chi connectivity index (χ0v) is 12.4. The van der Waals surface area contributed by atoms with Crippen molar-refractivity contribution in [3.05, 3.63) is 24.4 Å². The highest BCUT2D eigenvalue weighted by atomic mass is 16.2. The van der Waals surface area contributed by atoms with Crippen LogP contribution in [0.1, 0.15) is 20.3 Å². The molecule has 1 aliphatic heterocycles. The molecule has 2 rings (SSSR count). The molecule has 1 fully saturated rings. The maximum Gasteiger partial charge on any atom is 0.237 e. The fourth-order valence-corrected chi connectivity index (χ4v) is 2.44. The average molecular weight is 276 g/mol. The fourth-order valence-electron chi connectivity index (χ4n) is 2.44. The standard InChI is InChI=1S/C15H24N4O/c1-3-7-17-15(20)13(2)18-9-11-19(12-10-18)14-6-4-5-8-16-14/h4-6,8,13H,3,7,9-12H2,1-2H3,(H,17,20)/t13-/m0/s1. The Kier molecular flexibility index (Phi) is 5.35. The lowest BCUT2D eigenvalue weighted by Gasteiger charge is -2.37. The molecular formula is C15H24N4O. The summed E-state index contributed by atoms with van der Waals surface area (Å²) in [6.07, 6.45) is 2.80. The van der Waals surface area contributed by atoms with Crippen molar-refractivity contribution in [3.8, 4) is 0 Å². The molecule has 1 saturated heterocycles. The third-order valence-electron chi connectivity index (χ3n) is 3.76. The predicted octanol–water partition coefficient (Wildman–Crippen LogP) is 1.12. The second-order valence-electron chi connectivity index (χ2n) is 5.18. The highest BCUT2D eigenvalue weighted by Gasteiger charge is 2.25. The van der Waals surface area contributed by atoms with Gasteiger partial charge in [-0.3, -0.25) is 9.69 Å². The van der Waals surface area contributed by atoms with E-state index in [2.05, 4.69) is 27.0 Å². The van der Waals surface area contributed by atoms with Crippen LogP contribution in [0.25, 0.3) is 0 Å². The molecule has 1 aromatic heterocycles. The lowest BCUT2D eigenvalue weighted by atomic mass is 10.2. The number of hydrogen-bond donors (Lipinski definition) is 1. The fraction of sp³-hybridized carbons (Fsp3) is 0.600. The Morgan fingerprint density at radius 1 is 1.35 bits per heavy atom. The minimum Gasteiger partial charge on any atom is -0.355 e. The number of amides is 1. The summed E-state index contributed by atoms with van der Waals surface area (Å²) in [5.41, 5.74) is 0. The van der Waals surface area contributed by atoms with Crippen LogP contribution in [0.5, 0.6) is 0 Å². The van der Waals surface area contributed by atoms with Crippen LogP contribution in [0, 0.1) is 0 Å². The lowest BCUT2D eigenvalue weighted by Crippen LogP contribution is -2.54. The van der Waals surface area contributed by atoms with E-state index in [1.54, 1.807) is 0 Å². The normalized spacial score (nSPS) is 17.8. The van der Waals surface area contributed by atoms with Crippen LogP contribution in [0.3, 0.4) is 0 Å². The largest absolute Gasteiger partial charge is 0.355 e. The highest BCUT2D eigenvalue weighted by Crippen LogP contribution is 2.13. The van der Waals surface area contributed by atoms with E-state index in [-0.39, 0.29) is 11.9 Å². The summed E-state index contributed by atoms with van der Waals surface area (Å²) in [7, 11) is 0. The number of anilines is 1. The van der Waals surface area contributed by atoms with E-state index in [1.807, 2.05) is 31.3 Å². The summed E-state index contributed by atoms with van der Waals surface area (Å²) in [5.74, 6) is 1.16. The van der Waals surface area contributed by atoms with Crippen LogP contribution < -0.4 is 10.2 Å². The molecule has 110 valence electrons. The molecule has 1 N–H and O–H groups in total. The number of pyridine rings is 1. The average Bonchev–Trinajstić information content (AvgIpc) is 2.53. The number of piperazine rings is 1. The van der Waals surface area contributed by atoms with E-state index in [0.717, 1.165) is 45.0 Å². The van der Waals surface area contributed by atoms with Crippen molar-refractivity contribution in [2.24, 2.45) is 0 Å². The number of carbonyl (C=O) groups is 1. The van der Waals surface area contributed by atoms with Gasteiger partial charge in [-0.1, -0.05) is 13.0 Å². The first-order valence-electron chi connectivity index (χ1n) is 7.40. The zero-order valence-electron chi connectivity index (χ0n) is 12.4. The minimum absolute atomic E-state index is 0.0487. The van der Waals surface area contributed by atoms with Crippen molar-refractivity contribution in [3.63, 3.8) is 0 Å². The van der Waals surface area contributed by atoms with Crippen LogP contribution in [-0.2, 0) is 4.79 Å². The van der Waals surface area contributed by atoms with E-state index in [9.17, 15) is 4.79 Å². The summed E-state index contributed by atoms with van der Waals surface area (Å²) < 4.78 is 0. The Balaban J connectivity index is 1.83. The summed E-state index contributed by atoms with van der Waals surface area (Å²) in [6.45, 7) is 8.45. The smallest absolute Gasteiger partial charge is 0.237 e. The van der Waals surface area contributed by atoms with Crippen molar-refractivity contribution in [2.75, 3.05) is 37.6 Å². The van der Waals surface area contributed by atoms with E-state index in [0.29, 0.717) is 0 Å². The van der Waals surface area contributed by atoms with Gasteiger partial charge in [0.2, 0.25) is 5.91 Å². The van der Waals surface area contributed by atoms with Crippen molar-refractivity contribution >= 4 is 11.7 Å². The topological polar surface area (TPSA) is 48.5 Å². The van der Waals surface area contributed by atoms with Gasteiger partial charge >= 0.3 is 0 Å². The molecule has 5 nitrogen and oxygen atoms in total. The molecule has 0 unspecified atom stereocenters. The third kappa shape index (κ3) is 3.70. The Morgan fingerprint density at radius 3 is 2.70 bits per heavy atom. The Hall–Kier alpha value is -1.62. The van der Waals surface area contributed by atoms with Crippen LogP contribution >= 0.6 is 0 Å². The molecule has 2 heterocycles. The number of nitrogens with zero attached hydrogens (tertiary/aromatic N) is 3. The first kappa shape index (κ1) is 14.8. The molecule has 0 aromatic carbocycles. The van der Waals surface area contributed by atoms with Gasteiger partial charge in [0.1, 0.15) is 5.82 Å². The Bertz CT molecular complexity index is 415. The number of aromatic nitrogens is 1. The Labute approximate surface area is 121 Å². The van der Waals surface area contributed by atoms with Gasteiger partial charge in [0.15, 0.2) is 0 Å². The summed E-state index contributed by atoms with van der Waals surface area (Å²) in [6, 6.07) is 5.93. The van der Waals surface area contributed by atoms with Crippen molar-refractivity contribution < 1.29 is 4.79 Å². The van der Waals surface area contributed by atoms with E-state index < -0.39 is 0 Å². The molecule has 0 bridgehead atoms. The predicted molar refractivity (Wildman–Crippen MR) is 80.8 cm³/mol. The molecule has 1 aliphatic rings. The zero-order chi connectivity index (χ0) is 14.4. The number of hydrogen-bond acceptors (Lipinski definition) is 4. The lowest BCUT2D eigenvalue weighted by molar-refractivity contribution is -0.126. The van der Waals surface area contributed by atoms with Crippen molar-refractivity contribution in [1.82, 2.24) is 15.2 Å². The maximum absolute atomic E-state index is 12.0. The molecule has 0 saturated carbocycles. The monoisotopic (exact) mass is 276 g/mol. The summed E-state index contributed by atoms with van der Waals surface area (Å²) in [5, 5.41) is 2.97. The van der Waals surface area contributed by atoms with Crippen LogP contribution in [0.15, 0.2) is 24.4 Å². The van der Waals surface area contributed by atoms with E-state index in [4.69, 9.17) is 0 Å². The van der Waals surface area contributed by atoms with Gasteiger partial charge in [-0.25, -0.2) is 4.98 Å². The summed E-state index contributed by atoms with van der Waals surface area (Å²) in [4.78, 5) is 20.9. The molecule has 0 radical (unpaired) electrons. The third-order valence-corrected chi connectivity index (χ3v) is 3.76. The van der Waals surface area contributed by atoms with Gasteiger partial charge in [-0.05, 0) is 25.5 Å². The second kappa shape index (κ2) is 7.24. The second-order valence-corrected chi connectivity index (χ2v) is 5.18. The maximum atomic E-state index is 12.0. The van der Waals surface area contributed by atoms with Gasteiger partial charge < -0.3 is 10.2 Å². The molecule has 20 heavy (non-hydrogen) atoms. The van der Waals surface area contributed by atoms with Crippen molar-refractivity contribution in [1.29, 1.82) is 0 Å². The van der Waals surface area contributed by atoms with Crippen molar-refractivity contribution in [2.45, 2.75) is 26.3 Å². The summed E-state index contributed by atoms with van der Waals surface area (Å²) >= 11 is 0. The number of nitrogens with one attached hydrogen (secondary N) is 1. The molecular weight excluding hydrogens is 252 g/mol. The van der Waals surface area contributed by atoms with Gasteiger partial charge in [0.05, 0.1) is 6.04 Å². The molecule has 0 aliphatic carbocycles. The molecule has 1 amide bonds. The quantitative estimate of drug-likeness (QED) is 0.875. The van der Waals surface area contributed by atoms with Gasteiger partial charge in [-0.15, -0.1) is 0 Å². The number of rotatable bonds is 5. The highest BCUT2D eigenvalue weighted by molar-refractivity contribution is 5.81.